The zero-order valence-electron chi connectivity index (χ0n) is 14.0. The van der Waals surface area contributed by atoms with Gasteiger partial charge in [0.05, 0.1) is 0 Å². The van der Waals surface area contributed by atoms with Gasteiger partial charge in [-0.15, -0.1) is 0 Å². The van der Waals surface area contributed by atoms with Crippen molar-refractivity contribution in [2.24, 2.45) is 11.3 Å². The molecule has 0 radical (unpaired) electrons. The third-order valence-corrected chi connectivity index (χ3v) is 4.67. The molecule has 2 atom stereocenters. The van der Waals surface area contributed by atoms with E-state index in [4.69, 9.17) is 11.6 Å². The largest absolute Gasteiger partial charge is 0.314 e. The van der Waals surface area contributed by atoms with Crippen molar-refractivity contribution < 1.29 is 4.39 Å². The topological polar surface area (TPSA) is 12.0 Å². The van der Waals surface area contributed by atoms with E-state index in [1.165, 1.54) is 6.07 Å². The average Bonchev–Trinajstić information content (AvgIpc) is 2.38. The SMILES string of the molecule is CCCNC(Cc1c(F)cccc1Cl)CC(C)C(C)(C)C. The summed E-state index contributed by atoms with van der Waals surface area (Å²) in [5.41, 5.74) is 0.888. The second kappa shape index (κ2) is 8.14. The maximum Gasteiger partial charge on any atom is 0.127 e. The highest BCUT2D eigenvalue weighted by molar-refractivity contribution is 6.31. The summed E-state index contributed by atoms with van der Waals surface area (Å²) in [6.07, 6.45) is 2.74. The van der Waals surface area contributed by atoms with E-state index in [9.17, 15) is 4.39 Å². The Bertz CT molecular complexity index is 419. The Morgan fingerprint density at radius 2 is 1.95 bits per heavy atom. The highest BCUT2D eigenvalue weighted by Crippen LogP contribution is 2.30. The van der Waals surface area contributed by atoms with Crippen molar-refractivity contribution in [3.63, 3.8) is 0 Å². The fraction of sp³-hybridized carbons (Fsp3) is 0.667. The highest BCUT2D eigenvalue weighted by atomic mass is 35.5. The molecule has 0 saturated heterocycles. The molecule has 3 heteroatoms. The van der Waals surface area contributed by atoms with Crippen LogP contribution in [0.4, 0.5) is 4.39 Å². The Hall–Kier alpha value is -0.600. The average molecular weight is 314 g/mol. The van der Waals surface area contributed by atoms with E-state index in [1.54, 1.807) is 12.1 Å². The molecule has 1 aromatic carbocycles. The molecule has 0 bridgehead atoms. The Morgan fingerprint density at radius 1 is 1.29 bits per heavy atom. The van der Waals surface area contributed by atoms with Gasteiger partial charge in [-0.3, -0.25) is 0 Å². The van der Waals surface area contributed by atoms with Crippen molar-refractivity contribution in [3.8, 4) is 0 Å². The van der Waals surface area contributed by atoms with Gasteiger partial charge in [-0.1, -0.05) is 52.3 Å². The van der Waals surface area contributed by atoms with Crippen LogP contribution in [0.3, 0.4) is 0 Å². The molecule has 0 aliphatic rings. The lowest BCUT2D eigenvalue weighted by atomic mass is 9.77. The fourth-order valence-corrected chi connectivity index (χ4v) is 2.58. The molecule has 0 spiro atoms. The normalized spacial score (nSPS) is 15.0. The summed E-state index contributed by atoms with van der Waals surface area (Å²) in [4.78, 5) is 0. The van der Waals surface area contributed by atoms with Gasteiger partial charge in [0.15, 0.2) is 0 Å². The van der Waals surface area contributed by atoms with Crippen LogP contribution < -0.4 is 5.32 Å². The zero-order valence-corrected chi connectivity index (χ0v) is 14.7. The third kappa shape index (κ3) is 5.96. The Morgan fingerprint density at radius 3 is 2.48 bits per heavy atom. The molecule has 1 rings (SSSR count). The lowest BCUT2D eigenvalue weighted by Crippen LogP contribution is -2.36. The Kier molecular flexibility index (Phi) is 7.15. The lowest BCUT2D eigenvalue weighted by Gasteiger charge is -2.31. The van der Waals surface area contributed by atoms with Gasteiger partial charge in [0.2, 0.25) is 0 Å². The molecular weight excluding hydrogens is 285 g/mol. The van der Waals surface area contributed by atoms with Gasteiger partial charge in [-0.05, 0) is 49.3 Å². The first kappa shape index (κ1) is 18.4. The smallest absolute Gasteiger partial charge is 0.127 e. The molecule has 21 heavy (non-hydrogen) atoms. The Labute approximate surface area is 134 Å². The summed E-state index contributed by atoms with van der Waals surface area (Å²) in [5, 5.41) is 4.08. The van der Waals surface area contributed by atoms with Crippen LogP contribution in [0.1, 0.15) is 53.0 Å². The minimum atomic E-state index is -0.200. The van der Waals surface area contributed by atoms with Gasteiger partial charge in [-0.25, -0.2) is 4.39 Å². The van der Waals surface area contributed by atoms with Gasteiger partial charge in [-0.2, -0.15) is 0 Å². The Balaban J connectivity index is 2.83. The van der Waals surface area contributed by atoms with E-state index in [-0.39, 0.29) is 17.3 Å². The summed E-state index contributed by atoms with van der Waals surface area (Å²) in [7, 11) is 0. The van der Waals surface area contributed by atoms with E-state index in [0.29, 0.717) is 22.9 Å². The summed E-state index contributed by atoms with van der Waals surface area (Å²) < 4.78 is 14.0. The van der Waals surface area contributed by atoms with Crippen LogP contribution in [0.25, 0.3) is 0 Å². The van der Waals surface area contributed by atoms with Crippen molar-refractivity contribution in [2.75, 3.05) is 6.54 Å². The predicted molar refractivity (Wildman–Crippen MR) is 90.4 cm³/mol. The number of hydrogen-bond donors (Lipinski definition) is 1. The standard InChI is InChI=1S/C18H29ClFN/c1-6-10-21-14(11-13(2)18(3,4)5)12-15-16(19)8-7-9-17(15)20/h7-9,13-14,21H,6,10-12H2,1-5H3. The minimum absolute atomic E-state index is 0.200. The van der Waals surface area contributed by atoms with Gasteiger partial charge >= 0.3 is 0 Å². The molecule has 0 fully saturated rings. The molecule has 0 aliphatic carbocycles. The van der Waals surface area contributed by atoms with E-state index in [1.807, 2.05) is 0 Å². The van der Waals surface area contributed by atoms with E-state index in [0.717, 1.165) is 19.4 Å². The molecule has 120 valence electrons. The number of benzene rings is 1. The molecule has 1 N–H and O–H groups in total. The van der Waals surface area contributed by atoms with Crippen LogP contribution in [0.15, 0.2) is 18.2 Å². The van der Waals surface area contributed by atoms with Gasteiger partial charge in [0.1, 0.15) is 5.82 Å². The fourth-order valence-electron chi connectivity index (χ4n) is 2.34. The number of rotatable bonds is 7. The molecule has 2 unspecified atom stereocenters. The zero-order chi connectivity index (χ0) is 16.0. The highest BCUT2D eigenvalue weighted by Gasteiger charge is 2.24. The van der Waals surface area contributed by atoms with Gasteiger partial charge < -0.3 is 5.32 Å². The maximum atomic E-state index is 14.0. The number of hydrogen-bond acceptors (Lipinski definition) is 1. The van der Waals surface area contributed by atoms with Crippen LogP contribution in [0.2, 0.25) is 5.02 Å². The van der Waals surface area contributed by atoms with E-state index < -0.39 is 0 Å². The van der Waals surface area contributed by atoms with Crippen molar-refractivity contribution in [1.82, 2.24) is 5.32 Å². The molecular formula is C18H29ClFN. The van der Waals surface area contributed by atoms with Crippen molar-refractivity contribution >= 4 is 11.6 Å². The summed E-state index contributed by atoms with van der Waals surface area (Å²) in [5.74, 6) is 0.353. The number of nitrogens with one attached hydrogen (secondary N) is 1. The predicted octanol–water partition coefficient (Wildman–Crippen LogP) is 5.46. The molecule has 0 amide bonds. The quantitative estimate of drug-likeness (QED) is 0.704. The molecule has 0 saturated carbocycles. The van der Waals surface area contributed by atoms with Crippen LogP contribution in [-0.4, -0.2) is 12.6 Å². The second-order valence-electron chi connectivity index (χ2n) is 7.06. The van der Waals surface area contributed by atoms with E-state index in [2.05, 4.69) is 39.9 Å². The first-order valence-electron chi connectivity index (χ1n) is 7.92. The van der Waals surface area contributed by atoms with Crippen molar-refractivity contribution in [2.45, 2.75) is 59.9 Å². The van der Waals surface area contributed by atoms with E-state index >= 15 is 0 Å². The van der Waals surface area contributed by atoms with Gasteiger partial charge in [0, 0.05) is 16.6 Å². The number of halogens is 2. The van der Waals surface area contributed by atoms with Crippen LogP contribution in [0, 0.1) is 17.2 Å². The molecule has 0 aromatic heterocycles. The maximum absolute atomic E-state index is 14.0. The van der Waals surface area contributed by atoms with Crippen LogP contribution >= 0.6 is 11.6 Å². The first-order valence-corrected chi connectivity index (χ1v) is 8.29. The van der Waals surface area contributed by atoms with Gasteiger partial charge in [0.25, 0.3) is 0 Å². The van der Waals surface area contributed by atoms with Crippen molar-refractivity contribution in [3.05, 3.63) is 34.6 Å². The molecule has 1 aromatic rings. The summed E-state index contributed by atoms with van der Waals surface area (Å²) in [6.45, 7) is 12.1. The monoisotopic (exact) mass is 313 g/mol. The van der Waals surface area contributed by atoms with Crippen LogP contribution in [-0.2, 0) is 6.42 Å². The van der Waals surface area contributed by atoms with Crippen LogP contribution in [0.5, 0.6) is 0 Å². The molecule has 0 heterocycles. The summed E-state index contributed by atoms with van der Waals surface area (Å²) >= 11 is 6.17. The minimum Gasteiger partial charge on any atom is -0.314 e. The first-order chi connectivity index (χ1) is 9.75. The third-order valence-electron chi connectivity index (χ3n) is 4.31. The lowest BCUT2D eigenvalue weighted by molar-refractivity contribution is 0.221. The molecule has 1 nitrogen and oxygen atoms in total. The second-order valence-corrected chi connectivity index (χ2v) is 7.47. The summed E-state index contributed by atoms with van der Waals surface area (Å²) in [6, 6.07) is 5.18. The van der Waals surface area contributed by atoms with Crippen molar-refractivity contribution in [1.29, 1.82) is 0 Å². The molecule has 0 aliphatic heterocycles.